The van der Waals surface area contributed by atoms with Crippen LogP contribution in [0.2, 0.25) is 0 Å². The molecule has 0 aliphatic carbocycles. The molecule has 1 amide bonds. The quantitative estimate of drug-likeness (QED) is 0.767. The minimum absolute atomic E-state index is 0.0230. The van der Waals surface area contributed by atoms with Gasteiger partial charge in [0.1, 0.15) is 0 Å². The Hall–Kier alpha value is -2.90. The zero-order valence-electron chi connectivity index (χ0n) is 15.2. The van der Waals surface area contributed by atoms with Crippen LogP contribution in [0, 0.1) is 6.92 Å². The molecule has 1 saturated heterocycles. The Kier molecular flexibility index (Phi) is 3.90. The molecular formula is C18H22N6O2. The SMILES string of the molecule is CCc1c(C)[nH]n2c(=O)cc(C3CCN(C(=O)c4cnn(C)c4)C3)nc12. The van der Waals surface area contributed by atoms with Crippen LogP contribution in [0.25, 0.3) is 5.65 Å². The molecule has 0 bridgehead atoms. The lowest BCUT2D eigenvalue weighted by Crippen LogP contribution is -2.28. The van der Waals surface area contributed by atoms with E-state index in [1.807, 2.05) is 11.8 Å². The zero-order valence-corrected chi connectivity index (χ0v) is 15.2. The number of hydrogen-bond donors (Lipinski definition) is 1. The van der Waals surface area contributed by atoms with Crippen molar-refractivity contribution >= 4 is 11.6 Å². The molecule has 3 aromatic heterocycles. The van der Waals surface area contributed by atoms with Gasteiger partial charge < -0.3 is 4.90 Å². The number of nitrogens with one attached hydrogen (secondary N) is 1. The maximum Gasteiger partial charge on any atom is 0.272 e. The fourth-order valence-electron chi connectivity index (χ4n) is 3.75. The van der Waals surface area contributed by atoms with Crippen molar-refractivity contribution in [2.24, 2.45) is 7.05 Å². The average molecular weight is 354 g/mol. The van der Waals surface area contributed by atoms with Gasteiger partial charge in [-0.25, -0.2) is 9.50 Å². The van der Waals surface area contributed by atoms with Crippen molar-refractivity contribution in [2.45, 2.75) is 32.6 Å². The third-order valence-electron chi connectivity index (χ3n) is 5.14. The third kappa shape index (κ3) is 2.61. The molecule has 1 fully saturated rings. The summed E-state index contributed by atoms with van der Waals surface area (Å²) in [7, 11) is 1.79. The lowest BCUT2D eigenvalue weighted by Gasteiger charge is -2.15. The Morgan fingerprint density at radius 2 is 2.23 bits per heavy atom. The second-order valence-corrected chi connectivity index (χ2v) is 6.89. The topological polar surface area (TPSA) is 88.3 Å². The van der Waals surface area contributed by atoms with Gasteiger partial charge in [-0.05, 0) is 19.8 Å². The first-order valence-electron chi connectivity index (χ1n) is 8.87. The lowest BCUT2D eigenvalue weighted by molar-refractivity contribution is 0.0790. The summed E-state index contributed by atoms with van der Waals surface area (Å²) in [5.41, 5.74) is 3.98. The Morgan fingerprint density at radius 3 is 2.92 bits per heavy atom. The fourth-order valence-corrected chi connectivity index (χ4v) is 3.75. The number of rotatable bonds is 3. The summed E-state index contributed by atoms with van der Waals surface area (Å²) >= 11 is 0. The van der Waals surface area contributed by atoms with Crippen LogP contribution in [0.1, 0.15) is 46.6 Å². The third-order valence-corrected chi connectivity index (χ3v) is 5.14. The van der Waals surface area contributed by atoms with E-state index >= 15 is 0 Å². The van der Waals surface area contributed by atoms with E-state index in [9.17, 15) is 9.59 Å². The molecule has 0 saturated carbocycles. The molecule has 8 heteroatoms. The molecule has 3 aromatic rings. The number of aromatic amines is 1. The highest BCUT2D eigenvalue weighted by Gasteiger charge is 2.30. The molecule has 1 aliphatic rings. The molecule has 136 valence electrons. The van der Waals surface area contributed by atoms with E-state index in [1.54, 1.807) is 30.2 Å². The van der Waals surface area contributed by atoms with Crippen LogP contribution in [0.4, 0.5) is 0 Å². The van der Waals surface area contributed by atoms with E-state index in [2.05, 4.69) is 17.1 Å². The summed E-state index contributed by atoms with van der Waals surface area (Å²) in [6.45, 7) is 5.24. The maximum atomic E-state index is 12.6. The predicted molar refractivity (Wildman–Crippen MR) is 96.4 cm³/mol. The van der Waals surface area contributed by atoms with E-state index in [1.165, 1.54) is 4.52 Å². The van der Waals surface area contributed by atoms with Crippen molar-refractivity contribution in [3.8, 4) is 0 Å². The fraction of sp³-hybridized carbons (Fsp3) is 0.444. The molecule has 8 nitrogen and oxygen atoms in total. The molecule has 26 heavy (non-hydrogen) atoms. The molecule has 4 rings (SSSR count). The van der Waals surface area contributed by atoms with Gasteiger partial charge in [0.2, 0.25) is 0 Å². The monoisotopic (exact) mass is 354 g/mol. The number of carbonyl (C=O) groups excluding carboxylic acids is 1. The standard InChI is InChI=1S/C18H22N6O2/c1-4-14-11(2)21-24-16(25)7-15(20-17(14)24)12-5-6-23(10-12)18(26)13-8-19-22(3)9-13/h7-9,12,21H,4-6,10H2,1-3H3. The number of nitrogens with zero attached hydrogens (tertiary/aromatic N) is 5. The molecule has 1 aliphatic heterocycles. The number of H-pyrrole nitrogens is 1. The van der Waals surface area contributed by atoms with E-state index in [0.717, 1.165) is 29.8 Å². The molecule has 0 spiro atoms. The molecule has 1 N–H and O–H groups in total. The smallest absolute Gasteiger partial charge is 0.272 e. The van der Waals surface area contributed by atoms with Crippen LogP contribution < -0.4 is 5.56 Å². The van der Waals surface area contributed by atoms with Crippen molar-refractivity contribution in [1.82, 2.24) is 29.3 Å². The highest BCUT2D eigenvalue weighted by atomic mass is 16.2. The summed E-state index contributed by atoms with van der Waals surface area (Å²) in [4.78, 5) is 31.7. The van der Waals surface area contributed by atoms with E-state index in [0.29, 0.717) is 24.3 Å². The highest BCUT2D eigenvalue weighted by Crippen LogP contribution is 2.27. The van der Waals surface area contributed by atoms with Crippen molar-refractivity contribution in [3.63, 3.8) is 0 Å². The number of aryl methyl sites for hydroxylation is 3. The molecule has 1 atom stereocenters. The average Bonchev–Trinajstić information content (AvgIpc) is 3.32. The van der Waals surface area contributed by atoms with Gasteiger partial charge in [0, 0.05) is 49.6 Å². The summed E-state index contributed by atoms with van der Waals surface area (Å²) in [5.74, 6) is 0.0540. The van der Waals surface area contributed by atoms with Crippen LogP contribution in [-0.4, -0.2) is 48.3 Å². The zero-order chi connectivity index (χ0) is 18.4. The summed E-state index contributed by atoms with van der Waals surface area (Å²) < 4.78 is 3.13. The van der Waals surface area contributed by atoms with Crippen LogP contribution in [0.15, 0.2) is 23.3 Å². The Balaban J connectivity index is 1.62. The van der Waals surface area contributed by atoms with Gasteiger partial charge in [-0.1, -0.05) is 6.92 Å². The van der Waals surface area contributed by atoms with Gasteiger partial charge in [-0.2, -0.15) is 5.10 Å². The summed E-state index contributed by atoms with van der Waals surface area (Å²) in [5, 5.41) is 7.15. The largest absolute Gasteiger partial charge is 0.338 e. The van der Waals surface area contributed by atoms with Crippen LogP contribution in [0.3, 0.4) is 0 Å². The number of fused-ring (bicyclic) bond motifs is 1. The number of hydrogen-bond acceptors (Lipinski definition) is 4. The van der Waals surface area contributed by atoms with Crippen LogP contribution in [0.5, 0.6) is 0 Å². The second-order valence-electron chi connectivity index (χ2n) is 6.89. The lowest BCUT2D eigenvalue weighted by atomic mass is 10.0. The number of carbonyl (C=O) groups is 1. The Bertz CT molecular complexity index is 1040. The van der Waals surface area contributed by atoms with Gasteiger partial charge in [-0.3, -0.25) is 19.4 Å². The van der Waals surface area contributed by atoms with E-state index < -0.39 is 0 Å². The van der Waals surface area contributed by atoms with Gasteiger partial charge in [0.25, 0.3) is 11.5 Å². The van der Waals surface area contributed by atoms with Crippen molar-refractivity contribution < 1.29 is 4.79 Å². The van der Waals surface area contributed by atoms with Gasteiger partial charge >= 0.3 is 0 Å². The van der Waals surface area contributed by atoms with Crippen molar-refractivity contribution in [3.05, 3.63) is 51.3 Å². The van der Waals surface area contributed by atoms with Gasteiger partial charge in [0.15, 0.2) is 5.65 Å². The number of likely N-dealkylation sites (tertiary alicyclic amines) is 1. The predicted octanol–water partition coefficient (Wildman–Crippen LogP) is 1.26. The summed E-state index contributed by atoms with van der Waals surface area (Å²) in [6.07, 6.45) is 4.93. The number of amides is 1. The molecule has 0 radical (unpaired) electrons. The first kappa shape index (κ1) is 16.6. The normalized spacial score (nSPS) is 17.3. The van der Waals surface area contributed by atoms with Crippen molar-refractivity contribution in [1.29, 1.82) is 0 Å². The summed E-state index contributed by atoms with van der Waals surface area (Å²) in [6, 6.07) is 1.59. The van der Waals surface area contributed by atoms with Crippen LogP contribution >= 0.6 is 0 Å². The van der Waals surface area contributed by atoms with E-state index in [-0.39, 0.29) is 17.4 Å². The molecule has 0 aromatic carbocycles. The van der Waals surface area contributed by atoms with Gasteiger partial charge in [0.05, 0.1) is 17.5 Å². The first-order valence-corrected chi connectivity index (χ1v) is 8.87. The molecule has 4 heterocycles. The van der Waals surface area contributed by atoms with Gasteiger partial charge in [-0.15, -0.1) is 0 Å². The highest BCUT2D eigenvalue weighted by molar-refractivity contribution is 5.94. The minimum Gasteiger partial charge on any atom is -0.338 e. The Morgan fingerprint density at radius 1 is 1.42 bits per heavy atom. The van der Waals surface area contributed by atoms with Crippen molar-refractivity contribution in [2.75, 3.05) is 13.1 Å². The maximum absolute atomic E-state index is 12.6. The second kappa shape index (κ2) is 6.12. The minimum atomic E-state index is -0.107. The van der Waals surface area contributed by atoms with Crippen LogP contribution in [-0.2, 0) is 13.5 Å². The Labute approximate surface area is 150 Å². The first-order chi connectivity index (χ1) is 12.5. The van der Waals surface area contributed by atoms with E-state index in [4.69, 9.17) is 4.98 Å². The molecular weight excluding hydrogens is 332 g/mol. The number of aromatic nitrogens is 5. The molecule has 1 unspecified atom stereocenters.